The summed E-state index contributed by atoms with van der Waals surface area (Å²) in [5.41, 5.74) is 24.1. The minimum absolute atomic E-state index is 0.450. The lowest BCUT2D eigenvalue weighted by atomic mass is 9.70. The zero-order chi connectivity index (χ0) is 48.0. The van der Waals surface area contributed by atoms with Crippen molar-refractivity contribution in [2.24, 2.45) is 0 Å². The van der Waals surface area contributed by atoms with Crippen LogP contribution < -0.4 is 4.90 Å². The van der Waals surface area contributed by atoms with E-state index in [1.54, 1.807) is 0 Å². The number of nitrogens with zero attached hydrogens (tertiary/aromatic N) is 2. The van der Waals surface area contributed by atoms with E-state index in [1.165, 1.54) is 111 Å². The SMILES string of the molecule is c1ccc(-c2ccc(N(c3cccc(-c4cccc(-c5ccc6c(c5)c5ccccc5n6-c5cccc6ccccc56)c4)c3)c3ccc4c(c3)C3(c5ccccc5-c5ccccc53)c3ccccc3-4)cc2)cc1. The summed E-state index contributed by atoms with van der Waals surface area (Å²) in [6.45, 7) is 0. The van der Waals surface area contributed by atoms with Gasteiger partial charge < -0.3 is 9.47 Å². The van der Waals surface area contributed by atoms with Crippen molar-refractivity contribution in [3.05, 3.63) is 301 Å². The van der Waals surface area contributed by atoms with Gasteiger partial charge in [-0.15, -0.1) is 0 Å². The predicted molar refractivity (Wildman–Crippen MR) is 306 cm³/mol. The first-order valence-electron chi connectivity index (χ1n) is 25.3. The Hall–Kier alpha value is -9.50. The number of hydrogen-bond acceptors (Lipinski definition) is 1. The van der Waals surface area contributed by atoms with Gasteiger partial charge in [-0.1, -0.05) is 212 Å². The van der Waals surface area contributed by atoms with Gasteiger partial charge in [-0.3, -0.25) is 0 Å². The van der Waals surface area contributed by atoms with Crippen LogP contribution in [0.25, 0.3) is 93.9 Å². The van der Waals surface area contributed by atoms with Gasteiger partial charge in [-0.05, 0) is 150 Å². The van der Waals surface area contributed by atoms with Crippen LogP contribution in [0.3, 0.4) is 0 Å². The Kier molecular flexibility index (Phi) is 9.21. The summed E-state index contributed by atoms with van der Waals surface area (Å²) in [4.78, 5) is 2.45. The summed E-state index contributed by atoms with van der Waals surface area (Å²) in [6.07, 6.45) is 0. The second-order valence-corrected chi connectivity index (χ2v) is 19.6. The van der Waals surface area contributed by atoms with E-state index in [1.807, 2.05) is 0 Å². The zero-order valence-electron chi connectivity index (χ0n) is 40.0. The van der Waals surface area contributed by atoms with Crippen LogP contribution in [0.4, 0.5) is 17.1 Å². The summed E-state index contributed by atoms with van der Waals surface area (Å²) in [6, 6.07) is 103. The molecule has 0 fully saturated rings. The van der Waals surface area contributed by atoms with Gasteiger partial charge in [0.15, 0.2) is 0 Å². The maximum absolute atomic E-state index is 2.49. The van der Waals surface area contributed by atoms with Crippen LogP contribution in [0.1, 0.15) is 22.3 Å². The van der Waals surface area contributed by atoms with E-state index in [4.69, 9.17) is 0 Å². The molecule has 0 unspecified atom stereocenters. The molecule has 0 aliphatic heterocycles. The quantitative estimate of drug-likeness (QED) is 0.155. The third-order valence-electron chi connectivity index (χ3n) is 15.8. The van der Waals surface area contributed by atoms with Crippen molar-refractivity contribution in [3.63, 3.8) is 0 Å². The number of aromatic nitrogens is 1. The molecule has 340 valence electrons. The molecule has 0 amide bonds. The van der Waals surface area contributed by atoms with E-state index < -0.39 is 5.41 Å². The Morgan fingerprint density at radius 2 is 0.740 bits per heavy atom. The molecule has 2 nitrogen and oxygen atoms in total. The van der Waals surface area contributed by atoms with Crippen molar-refractivity contribution >= 4 is 49.6 Å². The topological polar surface area (TPSA) is 8.17 Å². The smallest absolute Gasteiger partial charge is 0.0726 e. The Bertz CT molecular complexity index is 4260. The molecule has 0 atom stereocenters. The first kappa shape index (κ1) is 41.3. The van der Waals surface area contributed by atoms with Crippen molar-refractivity contribution in [2.45, 2.75) is 5.41 Å². The van der Waals surface area contributed by atoms with Crippen molar-refractivity contribution in [3.8, 4) is 61.3 Å². The lowest BCUT2D eigenvalue weighted by Gasteiger charge is -2.32. The largest absolute Gasteiger partial charge is 0.310 e. The highest BCUT2D eigenvalue weighted by Crippen LogP contribution is 2.63. The molecule has 2 heteroatoms. The molecule has 0 saturated heterocycles. The van der Waals surface area contributed by atoms with Gasteiger partial charge in [-0.25, -0.2) is 0 Å². The molecular formula is C71H46N2. The maximum Gasteiger partial charge on any atom is 0.0726 e. The summed E-state index contributed by atoms with van der Waals surface area (Å²) in [5, 5.41) is 4.97. The average Bonchev–Trinajstić information content (AvgIpc) is 4.07. The normalized spacial score (nSPS) is 12.8. The van der Waals surface area contributed by atoms with Gasteiger partial charge in [0.25, 0.3) is 0 Å². The molecule has 0 saturated carbocycles. The molecule has 15 rings (SSSR count). The Morgan fingerprint density at radius 3 is 1.47 bits per heavy atom. The molecular weight excluding hydrogens is 881 g/mol. The number of rotatable bonds is 7. The van der Waals surface area contributed by atoms with E-state index in [0.29, 0.717) is 0 Å². The summed E-state index contributed by atoms with van der Waals surface area (Å²) in [7, 11) is 0. The Morgan fingerprint density at radius 1 is 0.260 bits per heavy atom. The average molecular weight is 927 g/mol. The van der Waals surface area contributed by atoms with Crippen LogP contribution in [-0.4, -0.2) is 4.57 Å². The first-order valence-corrected chi connectivity index (χ1v) is 25.3. The van der Waals surface area contributed by atoms with E-state index in [9.17, 15) is 0 Å². The van der Waals surface area contributed by atoms with Gasteiger partial charge in [0.1, 0.15) is 0 Å². The molecule has 1 heterocycles. The van der Waals surface area contributed by atoms with Crippen LogP contribution in [0, 0.1) is 0 Å². The minimum atomic E-state index is -0.450. The highest BCUT2D eigenvalue weighted by atomic mass is 15.1. The van der Waals surface area contributed by atoms with Crippen molar-refractivity contribution in [2.75, 3.05) is 4.90 Å². The third kappa shape index (κ3) is 6.24. The van der Waals surface area contributed by atoms with Gasteiger partial charge in [-0.2, -0.15) is 0 Å². The maximum atomic E-state index is 2.49. The van der Waals surface area contributed by atoms with Gasteiger partial charge in [0.05, 0.1) is 22.1 Å². The van der Waals surface area contributed by atoms with Gasteiger partial charge >= 0.3 is 0 Å². The highest BCUT2D eigenvalue weighted by Gasteiger charge is 2.51. The molecule has 0 N–H and O–H groups in total. The standard InChI is InChI=1S/C71H46N2/c1-2-17-47(18-3-1)48-35-38-54(39-36-48)72(56-40-41-61-60-28-8-12-32-66(60)71(67(61)46-56)64-30-10-6-26-58(64)59-27-7-11-31-65(59)71)55-24-15-23-52(44-55)50-21-14-22-51(43-50)53-37-42-70-63(45-53)62-29-9-13-33-69(62)73(70)68-34-16-20-49-19-4-5-25-57(49)68/h1-46H. The monoisotopic (exact) mass is 926 g/mol. The fourth-order valence-electron chi connectivity index (χ4n) is 12.6. The predicted octanol–water partition coefficient (Wildman–Crippen LogP) is 18.8. The molecule has 0 radical (unpaired) electrons. The fourth-order valence-corrected chi connectivity index (χ4v) is 12.6. The molecule has 12 aromatic carbocycles. The van der Waals surface area contributed by atoms with Crippen molar-refractivity contribution < 1.29 is 0 Å². The second kappa shape index (κ2) is 16.3. The molecule has 73 heavy (non-hydrogen) atoms. The van der Waals surface area contributed by atoms with Gasteiger partial charge in [0, 0.05) is 33.2 Å². The van der Waals surface area contributed by atoms with Crippen molar-refractivity contribution in [1.82, 2.24) is 4.57 Å². The molecule has 1 aromatic heterocycles. The van der Waals surface area contributed by atoms with Crippen molar-refractivity contribution in [1.29, 1.82) is 0 Å². The lowest BCUT2D eigenvalue weighted by molar-refractivity contribution is 0.793. The molecule has 2 aliphatic carbocycles. The fraction of sp³-hybridized carbons (Fsp3) is 0.0141. The molecule has 1 spiro atoms. The molecule has 2 aliphatic rings. The van der Waals surface area contributed by atoms with Crippen LogP contribution in [0.5, 0.6) is 0 Å². The lowest BCUT2D eigenvalue weighted by Crippen LogP contribution is -2.26. The Balaban J connectivity index is 0.867. The Labute approximate surface area is 425 Å². The third-order valence-corrected chi connectivity index (χ3v) is 15.8. The first-order chi connectivity index (χ1) is 36.2. The van der Waals surface area contributed by atoms with Crippen LogP contribution in [-0.2, 0) is 5.41 Å². The summed E-state index contributed by atoms with van der Waals surface area (Å²) in [5.74, 6) is 0. The summed E-state index contributed by atoms with van der Waals surface area (Å²) < 4.78 is 2.44. The van der Waals surface area contributed by atoms with Gasteiger partial charge in [0.2, 0.25) is 0 Å². The number of hydrogen-bond donors (Lipinski definition) is 0. The van der Waals surface area contributed by atoms with E-state index in [-0.39, 0.29) is 0 Å². The van der Waals surface area contributed by atoms with E-state index >= 15 is 0 Å². The van der Waals surface area contributed by atoms with E-state index in [0.717, 1.165) is 22.6 Å². The second-order valence-electron chi connectivity index (χ2n) is 19.6. The van der Waals surface area contributed by atoms with Crippen LogP contribution >= 0.6 is 0 Å². The molecule has 13 aromatic rings. The van der Waals surface area contributed by atoms with Crippen LogP contribution in [0.15, 0.2) is 279 Å². The molecule has 0 bridgehead atoms. The van der Waals surface area contributed by atoms with E-state index in [2.05, 4.69) is 289 Å². The minimum Gasteiger partial charge on any atom is -0.310 e. The number of para-hydroxylation sites is 1. The summed E-state index contributed by atoms with van der Waals surface area (Å²) >= 11 is 0. The zero-order valence-corrected chi connectivity index (χ0v) is 40.0. The number of benzene rings is 12. The highest BCUT2D eigenvalue weighted by molar-refractivity contribution is 6.12. The number of fused-ring (bicyclic) bond motifs is 14. The number of anilines is 3. The van der Waals surface area contributed by atoms with Crippen LogP contribution in [0.2, 0.25) is 0 Å².